The molecule has 0 bridgehead atoms. The number of anilines is 1. The van der Waals surface area contributed by atoms with Gasteiger partial charge in [-0.3, -0.25) is 4.57 Å². The van der Waals surface area contributed by atoms with E-state index in [-0.39, 0.29) is 5.82 Å². The van der Waals surface area contributed by atoms with Gasteiger partial charge in [-0.1, -0.05) is 17.8 Å². The Bertz CT molecular complexity index is 972. The third-order valence-corrected chi connectivity index (χ3v) is 5.00. The van der Waals surface area contributed by atoms with Gasteiger partial charge in [0.15, 0.2) is 11.0 Å². The van der Waals surface area contributed by atoms with Gasteiger partial charge in [0.2, 0.25) is 0 Å². The lowest BCUT2D eigenvalue weighted by molar-refractivity contribution is 0.122. The van der Waals surface area contributed by atoms with E-state index in [1.165, 1.54) is 16.3 Å². The van der Waals surface area contributed by atoms with Crippen molar-refractivity contribution in [2.75, 3.05) is 37.5 Å². The van der Waals surface area contributed by atoms with E-state index >= 15 is 0 Å². The second-order valence-corrected chi connectivity index (χ2v) is 7.04. The molecule has 0 N–H and O–H groups in total. The number of fused-ring (bicyclic) bond motifs is 1. The fraction of sp³-hybridized carbons (Fsp3) is 0.389. The Kier molecular flexibility index (Phi) is 4.96. The topological polar surface area (TPSA) is 56.1 Å². The summed E-state index contributed by atoms with van der Waals surface area (Å²) in [7, 11) is 0. The highest BCUT2D eigenvalue weighted by Gasteiger charge is 2.23. The van der Waals surface area contributed by atoms with E-state index in [2.05, 4.69) is 19.9 Å². The highest BCUT2D eigenvalue weighted by Crippen LogP contribution is 2.30. The van der Waals surface area contributed by atoms with Gasteiger partial charge < -0.3 is 9.64 Å². The van der Waals surface area contributed by atoms with Crippen molar-refractivity contribution in [3.05, 3.63) is 35.7 Å². The van der Waals surface area contributed by atoms with Crippen molar-refractivity contribution in [3.8, 4) is 5.82 Å². The number of hydrogen-bond acceptors (Lipinski definition) is 6. The molecular formula is C18H19F2N5OS. The maximum atomic E-state index is 13.7. The van der Waals surface area contributed by atoms with Crippen LogP contribution in [0.2, 0.25) is 0 Å². The number of aromatic nitrogens is 4. The first-order valence-corrected chi connectivity index (χ1v) is 9.82. The highest BCUT2D eigenvalue weighted by molar-refractivity contribution is 7.98. The number of halogens is 2. The van der Waals surface area contributed by atoms with Gasteiger partial charge in [0.05, 0.1) is 24.2 Å². The minimum absolute atomic E-state index is 0.311. The van der Waals surface area contributed by atoms with Crippen LogP contribution in [-0.2, 0) is 4.74 Å². The van der Waals surface area contributed by atoms with Crippen LogP contribution in [0.1, 0.15) is 17.8 Å². The van der Waals surface area contributed by atoms with E-state index in [1.54, 1.807) is 12.1 Å². The molecule has 0 radical (unpaired) electrons. The Morgan fingerprint density at radius 2 is 1.81 bits per heavy atom. The number of thioether (sulfide) groups is 1. The maximum Gasteiger partial charge on any atom is 0.296 e. The van der Waals surface area contributed by atoms with E-state index in [4.69, 9.17) is 4.74 Å². The molecule has 0 spiro atoms. The molecule has 1 aliphatic rings. The summed E-state index contributed by atoms with van der Waals surface area (Å²) in [6.07, 6.45) is -0.843. The third-order valence-electron chi connectivity index (χ3n) is 4.46. The number of benzene rings is 1. The number of nitrogens with zero attached hydrogens (tertiary/aromatic N) is 5. The first-order chi connectivity index (χ1) is 13.1. The SMILES string of the molecule is CSc1nc(N2CCOCC2)cc(-n2c(C(F)F)nc3ccc(C)cc32)n1. The predicted molar refractivity (Wildman–Crippen MR) is 101 cm³/mol. The summed E-state index contributed by atoms with van der Waals surface area (Å²) >= 11 is 1.38. The van der Waals surface area contributed by atoms with Crippen LogP contribution in [0.4, 0.5) is 14.6 Å². The third kappa shape index (κ3) is 3.49. The molecule has 27 heavy (non-hydrogen) atoms. The number of ether oxygens (including phenoxy) is 1. The summed E-state index contributed by atoms with van der Waals surface area (Å²) < 4.78 is 34.3. The molecule has 1 aliphatic heterocycles. The highest BCUT2D eigenvalue weighted by atomic mass is 32.2. The fourth-order valence-electron chi connectivity index (χ4n) is 3.15. The summed E-state index contributed by atoms with van der Waals surface area (Å²) in [5.41, 5.74) is 2.11. The molecule has 9 heteroatoms. The molecule has 1 aromatic carbocycles. The normalized spacial score (nSPS) is 15.1. The van der Waals surface area contributed by atoms with Gasteiger partial charge in [-0.25, -0.2) is 23.7 Å². The molecule has 0 amide bonds. The average molecular weight is 391 g/mol. The molecule has 0 atom stereocenters. The first kappa shape index (κ1) is 18.1. The molecule has 6 nitrogen and oxygen atoms in total. The Labute approximate surface area is 159 Å². The maximum absolute atomic E-state index is 13.7. The summed E-state index contributed by atoms with van der Waals surface area (Å²) in [6, 6.07) is 7.22. The Morgan fingerprint density at radius 3 is 2.52 bits per heavy atom. The van der Waals surface area contributed by atoms with E-state index in [1.807, 2.05) is 25.3 Å². The van der Waals surface area contributed by atoms with Crippen molar-refractivity contribution >= 4 is 28.6 Å². The summed E-state index contributed by atoms with van der Waals surface area (Å²) in [4.78, 5) is 15.3. The minimum atomic E-state index is -2.71. The lowest BCUT2D eigenvalue weighted by Crippen LogP contribution is -2.37. The van der Waals surface area contributed by atoms with Crippen molar-refractivity contribution < 1.29 is 13.5 Å². The Balaban J connectivity index is 1.92. The number of rotatable bonds is 4. The molecule has 0 saturated carbocycles. The Morgan fingerprint density at radius 1 is 1.07 bits per heavy atom. The summed E-state index contributed by atoms with van der Waals surface area (Å²) in [5, 5.41) is 0.531. The fourth-order valence-corrected chi connectivity index (χ4v) is 3.52. The van der Waals surface area contributed by atoms with Crippen molar-refractivity contribution in [1.82, 2.24) is 19.5 Å². The number of aryl methyl sites for hydroxylation is 1. The monoisotopic (exact) mass is 391 g/mol. The molecule has 142 valence electrons. The molecule has 3 aromatic rings. The van der Waals surface area contributed by atoms with Gasteiger partial charge in [-0.05, 0) is 30.9 Å². The minimum Gasteiger partial charge on any atom is -0.378 e. The zero-order chi connectivity index (χ0) is 19.0. The van der Waals surface area contributed by atoms with Crippen LogP contribution in [0, 0.1) is 6.92 Å². The average Bonchev–Trinajstić information content (AvgIpc) is 3.07. The van der Waals surface area contributed by atoms with E-state index < -0.39 is 6.43 Å². The number of alkyl halides is 2. The zero-order valence-electron chi connectivity index (χ0n) is 15.0. The van der Waals surface area contributed by atoms with Gasteiger partial charge in [-0.15, -0.1) is 0 Å². The second-order valence-electron chi connectivity index (χ2n) is 6.27. The largest absolute Gasteiger partial charge is 0.378 e. The van der Waals surface area contributed by atoms with Crippen molar-refractivity contribution in [3.63, 3.8) is 0 Å². The van der Waals surface area contributed by atoms with E-state index in [0.29, 0.717) is 54.1 Å². The summed E-state index contributed by atoms with van der Waals surface area (Å²) in [5.74, 6) is 0.802. The zero-order valence-corrected chi connectivity index (χ0v) is 15.8. The van der Waals surface area contributed by atoms with Crippen LogP contribution in [0.5, 0.6) is 0 Å². The van der Waals surface area contributed by atoms with E-state index in [9.17, 15) is 8.78 Å². The van der Waals surface area contributed by atoms with Gasteiger partial charge >= 0.3 is 0 Å². The predicted octanol–water partition coefficient (Wildman–Crippen LogP) is 3.62. The number of hydrogen-bond donors (Lipinski definition) is 0. The molecule has 4 rings (SSSR count). The lowest BCUT2D eigenvalue weighted by Gasteiger charge is -2.28. The summed E-state index contributed by atoms with van der Waals surface area (Å²) in [6.45, 7) is 4.56. The van der Waals surface area contributed by atoms with Gasteiger partial charge in [0.1, 0.15) is 11.6 Å². The van der Waals surface area contributed by atoms with Crippen molar-refractivity contribution in [2.45, 2.75) is 18.5 Å². The van der Waals surface area contributed by atoms with E-state index in [0.717, 1.165) is 5.56 Å². The van der Waals surface area contributed by atoms with Gasteiger partial charge in [0.25, 0.3) is 6.43 Å². The number of imidazole rings is 1. The van der Waals surface area contributed by atoms with Crippen molar-refractivity contribution in [2.24, 2.45) is 0 Å². The van der Waals surface area contributed by atoms with Crippen LogP contribution in [-0.4, -0.2) is 52.1 Å². The smallest absolute Gasteiger partial charge is 0.296 e. The van der Waals surface area contributed by atoms with Crippen LogP contribution in [0.25, 0.3) is 16.9 Å². The van der Waals surface area contributed by atoms with Crippen LogP contribution < -0.4 is 4.90 Å². The van der Waals surface area contributed by atoms with Crippen molar-refractivity contribution in [1.29, 1.82) is 0 Å². The molecular weight excluding hydrogens is 372 g/mol. The van der Waals surface area contributed by atoms with Crippen LogP contribution >= 0.6 is 11.8 Å². The van der Waals surface area contributed by atoms with Crippen LogP contribution in [0.15, 0.2) is 29.4 Å². The molecule has 1 fully saturated rings. The van der Waals surface area contributed by atoms with Crippen LogP contribution in [0.3, 0.4) is 0 Å². The molecule has 1 saturated heterocycles. The quantitative estimate of drug-likeness (QED) is 0.500. The second kappa shape index (κ2) is 7.40. The first-order valence-electron chi connectivity index (χ1n) is 8.60. The Hall–Kier alpha value is -2.26. The molecule has 3 heterocycles. The standard InChI is InChI=1S/C18H19F2N5OS/c1-11-3-4-12-13(9-11)25(17(21-12)16(19)20)15-10-14(22-18(23-15)27-2)24-5-7-26-8-6-24/h3-4,9-10,16H,5-8H2,1-2H3. The molecule has 0 unspecified atom stereocenters. The van der Waals surface area contributed by atoms with Gasteiger partial charge in [0, 0.05) is 19.2 Å². The lowest BCUT2D eigenvalue weighted by atomic mass is 10.2. The van der Waals surface area contributed by atoms with Gasteiger partial charge in [-0.2, -0.15) is 0 Å². The molecule has 0 aliphatic carbocycles. The molecule has 2 aromatic heterocycles. The number of morpholine rings is 1.